The molecular weight excluding hydrogens is 332 g/mol. The lowest BCUT2D eigenvalue weighted by Gasteiger charge is -2.31. The second-order valence-electron chi connectivity index (χ2n) is 6.34. The maximum atomic E-state index is 12.8. The number of carbonyl (C=O) groups excluding carboxylic acids is 2. The number of anilines is 2. The summed E-state index contributed by atoms with van der Waals surface area (Å²) in [6.07, 6.45) is 3.35. The SMILES string of the molecule is CCCCc1ccc(NC(=O)C2(C)Sc3ccccc3NC2=O)cc1. The minimum absolute atomic E-state index is 0.298. The summed E-state index contributed by atoms with van der Waals surface area (Å²) in [6.45, 7) is 3.83. The third-order valence-electron chi connectivity index (χ3n) is 4.35. The summed E-state index contributed by atoms with van der Waals surface area (Å²) in [6, 6.07) is 15.4. The zero-order chi connectivity index (χ0) is 17.9. The molecule has 0 saturated heterocycles. The highest BCUT2D eigenvalue weighted by Gasteiger charge is 2.45. The molecule has 0 radical (unpaired) electrons. The minimum atomic E-state index is -1.20. The Hall–Kier alpha value is -2.27. The van der Waals surface area contributed by atoms with Crippen LogP contribution in [-0.4, -0.2) is 16.6 Å². The van der Waals surface area contributed by atoms with Gasteiger partial charge in [-0.3, -0.25) is 9.59 Å². The lowest BCUT2D eigenvalue weighted by atomic mass is 10.1. The second-order valence-corrected chi connectivity index (χ2v) is 7.80. The molecular formula is C20H22N2O2S. The van der Waals surface area contributed by atoms with Crippen LogP contribution in [0.5, 0.6) is 0 Å². The summed E-state index contributed by atoms with van der Waals surface area (Å²) in [7, 11) is 0. The van der Waals surface area contributed by atoms with E-state index >= 15 is 0 Å². The number of amides is 2. The number of nitrogens with one attached hydrogen (secondary N) is 2. The zero-order valence-electron chi connectivity index (χ0n) is 14.5. The third-order valence-corrected chi connectivity index (χ3v) is 5.70. The summed E-state index contributed by atoms with van der Waals surface area (Å²) < 4.78 is -1.20. The van der Waals surface area contributed by atoms with E-state index in [0.29, 0.717) is 5.69 Å². The molecule has 1 aliphatic heterocycles. The number of hydrogen-bond donors (Lipinski definition) is 2. The van der Waals surface area contributed by atoms with Crippen LogP contribution in [0.1, 0.15) is 32.3 Å². The maximum Gasteiger partial charge on any atom is 0.250 e. The molecule has 0 aliphatic carbocycles. The largest absolute Gasteiger partial charge is 0.324 e. The van der Waals surface area contributed by atoms with E-state index in [2.05, 4.69) is 17.6 Å². The standard InChI is InChI=1S/C20H22N2O2S/c1-3-4-7-14-10-12-15(13-11-14)21-18(23)20(2)19(24)22-16-8-5-6-9-17(16)25-20/h5-6,8-13H,3-4,7H2,1-2H3,(H,21,23)(H,22,24). The molecule has 1 heterocycles. The Morgan fingerprint density at radius 1 is 1.16 bits per heavy atom. The predicted octanol–water partition coefficient (Wildman–Crippen LogP) is 4.47. The van der Waals surface area contributed by atoms with Crippen LogP contribution in [0.4, 0.5) is 11.4 Å². The number of hydrogen-bond acceptors (Lipinski definition) is 3. The summed E-state index contributed by atoms with van der Waals surface area (Å²) in [5, 5.41) is 5.70. The fraction of sp³-hybridized carbons (Fsp3) is 0.300. The monoisotopic (exact) mass is 354 g/mol. The van der Waals surface area contributed by atoms with Crippen LogP contribution in [0, 0.1) is 0 Å². The average molecular weight is 354 g/mol. The molecule has 4 nitrogen and oxygen atoms in total. The quantitative estimate of drug-likeness (QED) is 0.779. The van der Waals surface area contributed by atoms with Crippen molar-refractivity contribution in [1.29, 1.82) is 0 Å². The molecule has 2 aromatic rings. The van der Waals surface area contributed by atoms with E-state index in [0.717, 1.165) is 29.8 Å². The van der Waals surface area contributed by atoms with Gasteiger partial charge in [-0.1, -0.05) is 49.4 Å². The van der Waals surface area contributed by atoms with Crippen LogP contribution in [0.15, 0.2) is 53.4 Å². The molecule has 0 aromatic heterocycles. The zero-order valence-corrected chi connectivity index (χ0v) is 15.3. The number of fused-ring (bicyclic) bond motifs is 1. The van der Waals surface area contributed by atoms with E-state index in [4.69, 9.17) is 0 Å². The Labute approximate surface area is 152 Å². The summed E-state index contributed by atoms with van der Waals surface area (Å²) in [5.41, 5.74) is 2.71. The van der Waals surface area contributed by atoms with E-state index in [1.54, 1.807) is 6.92 Å². The van der Waals surface area contributed by atoms with E-state index < -0.39 is 4.75 Å². The van der Waals surface area contributed by atoms with Crippen molar-refractivity contribution in [2.45, 2.75) is 42.8 Å². The van der Waals surface area contributed by atoms with E-state index in [-0.39, 0.29) is 11.8 Å². The first-order chi connectivity index (χ1) is 12.0. The van der Waals surface area contributed by atoms with Gasteiger partial charge in [-0.05, 0) is 49.6 Å². The average Bonchev–Trinajstić information content (AvgIpc) is 2.62. The van der Waals surface area contributed by atoms with E-state index in [1.165, 1.54) is 17.3 Å². The number of thioether (sulfide) groups is 1. The molecule has 3 rings (SSSR count). The summed E-state index contributed by atoms with van der Waals surface area (Å²) >= 11 is 1.28. The Morgan fingerprint density at radius 3 is 2.60 bits per heavy atom. The predicted molar refractivity (Wildman–Crippen MR) is 103 cm³/mol. The Kier molecular flexibility index (Phi) is 5.13. The van der Waals surface area contributed by atoms with Gasteiger partial charge in [-0.2, -0.15) is 0 Å². The van der Waals surface area contributed by atoms with Gasteiger partial charge in [0.1, 0.15) is 0 Å². The molecule has 1 atom stereocenters. The smallest absolute Gasteiger partial charge is 0.250 e. The van der Waals surface area contributed by atoms with Crippen molar-refractivity contribution < 1.29 is 9.59 Å². The van der Waals surface area contributed by atoms with Gasteiger partial charge in [0.05, 0.1) is 5.69 Å². The fourth-order valence-electron chi connectivity index (χ4n) is 2.70. The van der Waals surface area contributed by atoms with Gasteiger partial charge < -0.3 is 10.6 Å². The van der Waals surface area contributed by atoms with E-state index in [1.807, 2.05) is 48.5 Å². The first-order valence-corrected chi connectivity index (χ1v) is 9.34. The molecule has 2 N–H and O–H groups in total. The van der Waals surface area contributed by atoms with Crippen LogP contribution in [-0.2, 0) is 16.0 Å². The van der Waals surface area contributed by atoms with Gasteiger partial charge in [0.15, 0.2) is 4.75 Å². The number of unbranched alkanes of at least 4 members (excludes halogenated alkanes) is 1. The molecule has 1 unspecified atom stereocenters. The minimum Gasteiger partial charge on any atom is -0.324 e. The molecule has 2 aromatic carbocycles. The van der Waals surface area contributed by atoms with Gasteiger partial charge in [0.2, 0.25) is 11.8 Å². The third kappa shape index (κ3) is 3.71. The highest BCUT2D eigenvalue weighted by molar-refractivity contribution is 8.02. The molecule has 2 amide bonds. The van der Waals surface area contributed by atoms with Crippen molar-refractivity contribution in [3.8, 4) is 0 Å². The van der Waals surface area contributed by atoms with Crippen molar-refractivity contribution in [2.24, 2.45) is 0 Å². The fourth-order valence-corrected chi connectivity index (χ4v) is 3.81. The lowest BCUT2D eigenvalue weighted by molar-refractivity contribution is -0.126. The first-order valence-electron chi connectivity index (χ1n) is 8.53. The number of carbonyl (C=O) groups is 2. The van der Waals surface area contributed by atoms with Crippen LogP contribution < -0.4 is 10.6 Å². The first kappa shape index (κ1) is 17.5. The molecule has 0 fully saturated rings. The topological polar surface area (TPSA) is 58.2 Å². The Balaban J connectivity index is 1.73. The van der Waals surface area contributed by atoms with Crippen molar-refractivity contribution >= 4 is 35.0 Å². The summed E-state index contributed by atoms with van der Waals surface area (Å²) in [4.78, 5) is 26.2. The van der Waals surface area contributed by atoms with Crippen LogP contribution >= 0.6 is 11.8 Å². The number of benzene rings is 2. The lowest BCUT2D eigenvalue weighted by Crippen LogP contribution is -2.49. The van der Waals surface area contributed by atoms with Crippen LogP contribution in [0.25, 0.3) is 0 Å². The highest BCUT2D eigenvalue weighted by atomic mass is 32.2. The van der Waals surface area contributed by atoms with Crippen molar-refractivity contribution in [1.82, 2.24) is 0 Å². The van der Waals surface area contributed by atoms with Crippen molar-refractivity contribution in [3.05, 3.63) is 54.1 Å². The Morgan fingerprint density at radius 2 is 1.88 bits per heavy atom. The van der Waals surface area contributed by atoms with Crippen molar-refractivity contribution in [2.75, 3.05) is 10.6 Å². The van der Waals surface area contributed by atoms with Gasteiger partial charge in [0.25, 0.3) is 0 Å². The number of aryl methyl sites for hydroxylation is 1. The van der Waals surface area contributed by atoms with Crippen LogP contribution in [0.3, 0.4) is 0 Å². The van der Waals surface area contributed by atoms with Crippen LogP contribution in [0.2, 0.25) is 0 Å². The number of rotatable bonds is 5. The van der Waals surface area contributed by atoms with E-state index in [9.17, 15) is 9.59 Å². The molecule has 1 aliphatic rings. The Bertz CT molecular complexity index is 789. The van der Waals surface area contributed by atoms with Gasteiger partial charge >= 0.3 is 0 Å². The molecule has 0 spiro atoms. The van der Waals surface area contributed by atoms with Crippen molar-refractivity contribution in [3.63, 3.8) is 0 Å². The molecule has 0 bridgehead atoms. The number of para-hydroxylation sites is 1. The van der Waals surface area contributed by atoms with Gasteiger partial charge in [-0.15, -0.1) is 0 Å². The second kappa shape index (κ2) is 7.31. The van der Waals surface area contributed by atoms with Gasteiger partial charge in [-0.25, -0.2) is 0 Å². The molecule has 130 valence electrons. The van der Waals surface area contributed by atoms with Gasteiger partial charge in [0, 0.05) is 10.6 Å². The maximum absolute atomic E-state index is 12.8. The normalized spacial score (nSPS) is 19.0. The highest BCUT2D eigenvalue weighted by Crippen LogP contribution is 2.42. The molecule has 25 heavy (non-hydrogen) atoms. The molecule has 5 heteroatoms. The molecule has 0 saturated carbocycles. The summed E-state index contributed by atoms with van der Waals surface area (Å²) in [5.74, 6) is -0.612.